The van der Waals surface area contributed by atoms with E-state index in [2.05, 4.69) is 10.3 Å². The first-order chi connectivity index (χ1) is 14.5. The summed E-state index contributed by atoms with van der Waals surface area (Å²) in [6.45, 7) is 1.29. The largest absolute Gasteiger partial charge is 0.459 e. The molecule has 0 saturated heterocycles. The summed E-state index contributed by atoms with van der Waals surface area (Å²) in [5, 5.41) is 2.77. The first-order valence-electron chi connectivity index (χ1n) is 9.39. The van der Waals surface area contributed by atoms with Gasteiger partial charge in [-0.25, -0.2) is 4.98 Å². The summed E-state index contributed by atoms with van der Waals surface area (Å²) >= 11 is 1.40. The van der Waals surface area contributed by atoms with Crippen molar-refractivity contribution in [1.29, 1.82) is 0 Å². The third-order valence-corrected chi connectivity index (χ3v) is 5.60. The van der Waals surface area contributed by atoms with Crippen LogP contribution in [0.3, 0.4) is 0 Å². The van der Waals surface area contributed by atoms with Gasteiger partial charge in [-0.1, -0.05) is 53.8 Å². The zero-order valence-electron chi connectivity index (χ0n) is 16.2. The lowest BCUT2D eigenvalue weighted by molar-refractivity contribution is -0.145. The van der Waals surface area contributed by atoms with Gasteiger partial charge in [-0.2, -0.15) is 0 Å². The maximum Gasteiger partial charge on any atom is 0.308 e. The van der Waals surface area contributed by atoms with E-state index in [4.69, 9.17) is 4.74 Å². The Kier molecular flexibility index (Phi) is 5.58. The fourth-order valence-corrected chi connectivity index (χ4v) is 4.31. The van der Waals surface area contributed by atoms with Crippen molar-refractivity contribution in [3.63, 3.8) is 0 Å². The molecule has 7 nitrogen and oxygen atoms in total. The third kappa shape index (κ3) is 4.23. The highest BCUT2D eigenvalue weighted by atomic mass is 32.1. The van der Waals surface area contributed by atoms with Crippen LogP contribution >= 0.6 is 11.3 Å². The molecule has 2 heterocycles. The van der Waals surface area contributed by atoms with Gasteiger partial charge in [0.25, 0.3) is 5.56 Å². The van der Waals surface area contributed by atoms with Gasteiger partial charge in [-0.15, -0.1) is 0 Å². The van der Waals surface area contributed by atoms with Crippen molar-refractivity contribution >= 4 is 38.4 Å². The van der Waals surface area contributed by atoms with E-state index in [0.717, 1.165) is 15.8 Å². The van der Waals surface area contributed by atoms with Crippen molar-refractivity contribution in [2.45, 2.75) is 26.0 Å². The predicted molar refractivity (Wildman–Crippen MR) is 114 cm³/mol. The van der Waals surface area contributed by atoms with E-state index >= 15 is 0 Å². The molecule has 0 bridgehead atoms. The van der Waals surface area contributed by atoms with Crippen LogP contribution in [0, 0.1) is 0 Å². The molecular formula is C22H19N3O4S. The lowest BCUT2D eigenvalue weighted by atomic mass is 10.0. The van der Waals surface area contributed by atoms with Crippen LogP contribution in [0.4, 0.5) is 0 Å². The number of hydrogen-bond donors (Lipinski definition) is 1. The second kappa shape index (κ2) is 8.46. The molecule has 1 amide bonds. The smallest absolute Gasteiger partial charge is 0.308 e. The second-order valence-corrected chi connectivity index (χ2v) is 7.81. The number of benzene rings is 2. The van der Waals surface area contributed by atoms with E-state index in [1.807, 2.05) is 54.6 Å². The normalized spacial score (nSPS) is 12.0. The van der Waals surface area contributed by atoms with Crippen molar-refractivity contribution < 1.29 is 14.3 Å². The van der Waals surface area contributed by atoms with E-state index < -0.39 is 12.0 Å². The molecule has 30 heavy (non-hydrogen) atoms. The third-order valence-electron chi connectivity index (χ3n) is 4.58. The summed E-state index contributed by atoms with van der Waals surface area (Å²) in [7, 11) is 0. The minimum absolute atomic E-state index is 0.0201. The molecule has 0 aliphatic heterocycles. The van der Waals surface area contributed by atoms with E-state index in [1.165, 1.54) is 24.3 Å². The molecule has 0 spiro atoms. The Morgan fingerprint density at radius 1 is 1.13 bits per heavy atom. The van der Waals surface area contributed by atoms with E-state index in [-0.39, 0.29) is 24.5 Å². The van der Waals surface area contributed by atoms with Gasteiger partial charge in [0.1, 0.15) is 6.61 Å². The fraction of sp³-hybridized carbons (Fsp3) is 0.182. The Labute approximate surface area is 175 Å². The van der Waals surface area contributed by atoms with Crippen LogP contribution in [0.1, 0.15) is 30.6 Å². The average Bonchev–Trinajstić information content (AvgIpc) is 3.11. The van der Waals surface area contributed by atoms with Crippen LogP contribution in [0.15, 0.2) is 65.5 Å². The van der Waals surface area contributed by atoms with Crippen molar-refractivity contribution in [3.8, 4) is 0 Å². The van der Waals surface area contributed by atoms with Crippen molar-refractivity contribution in [3.05, 3.63) is 82.3 Å². The SMILES string of the molecule is CC(=O)N[C@@H](CC(=O)OCc1cc(=O)n2c(n1)sc1ccccc12)c1ccccc1. The summed E-state index contributed by atoms with van der Waals surface area (Å²) in [5.41, 5.74) is 1.78. The average molecular weight is 421 g/mol. The molecule has 4 rings (SSSR count). The highest BCUT2D eigenvalue weighted by Crippen LogP contribution is 2.23. The molecule has 4 aromatic rings. The molecule has 1 atom stereocenters. The molecular weight excluding hydrogens is 402 g/mol. The van der Waals surface area contributed by atoms with Crippen molar-refractivity contribution in [2.24, 2.45) is 0 Å². The number of amides is 1. The molecule has 0 unspecified atom stereocenters. The number of hydrogen-bond acceptors (Lipinski definition) is 6. The summed E-state index contributed by atoms with van der Waals surface area (Å²) in [4.78, 5) is 41.5. The number of thiazole rings is 1. The Morgan fingerprint density at radius 3 is 2.63 bits per heavy atom. The highest BCUT2D eigenvalue weighted by Gasteiger charge is 2.18. The number of carbonyl (C=O) groups is 2. The topological polar surface area (TPSA) is 89.8 Å². The number of esters is 1. The quantitative estimate of drug-likeness (QED) is 0.483. The highest BCUT2D eigenvalue weighted by molar-refractivity contribution is 7.23. The van der Waals surface area contributed by atoms with Crippen LogP contribution in [-0.4, -0.2) is 21.3 Å². The van der Waals surface area contributed by atoms with Gasteiger partial charge < -0.3 is 10.1 Å². The summed E-state index contributed by atoms with van der Waals surface area (Å²) in [6, 6.07) is 17.7. The molecule has 0 radical (unpaired) electrons. The van der Waals surface area contributed by atoms with Gasteiger partial charge in [0.15, 0.2) is 4.96 Å². The van der Waals surface area contributed by atoms with Gasteiger partial charge in [-0.05, 0) is 17.7 Å². The fourth-order valence-electron chi connectivity index (χ4n) is 3.26. The van der Waals surface area contributed by atoms with Crippen LogP contribution < -0.4 is 10.9 Å². The van der Waals surface area contributed by atoms with E-state index in [9.17, 15) is 14.4 Å². The standard InChI is InChI=1S/C22H19N3O4S/c1-14(26)23-17(15-7-3-2-4-8-15)12-21(28)29-13-16-11-20(27)25-18-9-5-6-10-19(18)30-22(25)24-16/h2-11,17H,12-13H2,1H3,(H,23,26)/t17-/m0/s1. The predicted octanol–water partition coefficient (Wildman–Crippen LogP) is 3.22. The number of rotatable bonds is 6. The van der Waals surface area contributed by atoms with Crippen LogP contribution in [0.25, 0.3) is 15.2 Å². The Bertz CT molecular complexity index is 1280. The molecule has 0 aliphatic carbocycles. The lowest BCUT2D eigenvalue weighted by Gasteiger charge is -2.17. The molecule has 1 N–H and O–H groups in total. The maximum atomic E-state index is 12.5. The molecule has 2 aromatic heterocycles. The number of nitrogens with one attached hydrogen (secondary N) is 1. The molecule has 0 fully saturated rings. The van der Waals surface area contributed by atoms with Gasteiger partial charge in [0.05, 0.1) is 28.4 Å². The number of carbonyl (C=O) groups excluding carboxylic acids is 2. The molecule has 2 aromatic carbocycles. The zero-order valence-corrected chi connectivity index (χ0v) is 17.0. The minimum atomic E-state index is -0.490. The van der Waals surface area contributed by atoms with Gasteiger partial charge in [0, 0.05) is 13.0 Å². The van der Waals surface area contributed by atoms with Gasteiger partial charge in [0.2, 0.25) is 5.91 Å². The zero-order chi connectivity index (χ0) is 21.1. The van der Waals surface area contributed by atoms with Crippen molar-refractivity contribution in [2.75, 3.05) is 0 Å². The van der Waals surface area contributed by atoms with E-state index in [1.54, 1.807) is 4.40 Å². The second-order valence-electron chi connectivity index (χ2n) is 6.80. The van der Waals surface area contributed by atoms with Crippen molar-refractivity contribution in [1.82, 2.24) is 14.7 Å². The number of aromatic nitrogens is 2. The molecule has 0 saturated carbocycles. The first-order valence-corrected chi connectivity index (χ1v) is 10.2. The molecule has 152 valence electrons. The maximum absolute atomic E-state index is 12.5. The lowest BCUT2D eigenvalue weighted by Crippen LogP contribution is -2.28. The number of fused-ring (bicyclic) bond motifs is 3. The Balaban J connectivity index is 1.49. The summed E-state index contributed by atoms with van der Waals surface area (Å²) < 4.78 is 7.85. The summed E-state index contributed by atoms with van der Waals surface area (Å²) in [6.07, 6.45) is -0.0201. The van der Waals surface area contributed by atoms with Crippen LogP contribution in [-0.2, 0) is 20.9 Å². The first kappa shape index (κ1) is 19.8. The van der Waals surface area contributed by atoms with Gasteiger partial charge in [-0.3, -0.25) is 18.8 Å². The number of ether oxygens (including phenoxy) is 1. The number of para-hydroxylation sites is 1. The Morgan fingerprint density at radius 2 is 1.87 bits per heavy atom. The van der Waals surface area contributed by atoms with Gasteiger partial charge >= 0.3 is 5.97 Å². The monoisotopic (exact) mass is 421 g/mol. The van der Waals surface area contributed by atoms with Crippen LogP contribution in [0.5, 0.6) is 0 Å². The summed E-state index contributed by atoms with van der Waals surface area (Å²) in [5.74, 6) is -0.725. The minimum Gasteiger partial charge on any atom is -0.459 e. The Hall–Kier alpha value is -3.52. The molecule has 0 aliphatic rings. The van der Waals surface area contributed by atoms with E-state index in [0.29, 0.717) is 10.7 Å². The van der Waals surface area contributed by atoms with Crippen LogP contribution in [0.2, 0.25) is 0 Å². The number of nitrogens with zero attached hydrogens (tertiary/aromatic N) is 2. The molecule has 8 heteroatoms.